The van der Waals surface area contributed by atoms with E-state index in [4.69, 9.17) is 5.11 Å². The van der Waals surface area contributed by atoms with Gasteiger partial charge in [0, 0.05) is 35.2 Å². The van der Waals surface area contributed by atoms with Gasteiger partial charge in [0.15, 0.2) is 4.96 Å². The van der Waals surface area contributed by atoms with Crippen molar-refractivity contribution in [3.63, 3.8) is 0 Å². The van der Waals surface area contributed by atoms with Gasteiger partial charge in [-0.25, -0.2) is 4.98 Å². The van der Waals surface area contributed by atoms with Crippen LogP contribution >= 0.6 is 11.3 Å². The Morgan fingerprint density at radius 1 is 1.33 bits per heavy atom. The summed E-state index contributed by atoms with van der Waals surface area (Å²) in [5.41, 5.74) is 1.87. The second kappa shape index (κ2) is 4.23. The first kappa shape index (κ1) is 10.9. The molecule has 3 aromatic heterocycles. The molecule has 5 nitrogen and oxygen atoms in total. The number of rotatable bonds is 3. The molecule has 90 valence electrons. The number of carbonyl (C=O) groups is 1. The first-order chi connectivity index (χ1) is 8.72. The molecule has 0 unspecified atom stereocenters. The Kier molecular flexibility index (Phi) is 2.56. The fourth-order valence-electron chi connectivity index (χ4n) is 1.74. The Bertz CT molecular complexity index is 671. The Balaban J connectivity index is 1.98. The molecule has 0 aliphatic carbocycles. The number of hydrogen-bond donors (Lipinski definition) is 1. The largest absolute Gasteiger partial charge is 0.481 e. The van der Waals surface area contributed by atoms with Gasteiger partial charge in [-0.1, -0.05) is 0 Å². The van der Waals surface area contributed by atoms with Crippen molar-refractivity contribution in [1.82, 2.24) is 14.4 Å². The third-order valence-corrected chi connectivity index (χ3v) is 3.50. The average molecular weight is 259 g/mol. The van der Waals surface area contributed by atoms with Crippen LogP contribution in [0.1, 0.15) is 4.88 Å². The minimum Gasteiger partial charge on any atom is -0.481 e. The molecular formula is C12H9N3O2S. The van der Waals surface area contributed by atoms with Gasteiger partial charge in [0.05, 0.1) is 12.1 Å². The summed E-state index contributed by atoms with van der Waals surface area (Å²) in [6.07, 6.45) is 7.19. The van der Waals surface area contributed by atoms with Crippen LogP contribution in [0.4, 0.5) is 0 Å². The maximum absolute atomic E-state index is 10.6. The van der Waals surface area contributed by atoms with Crippen LogP contribution < -0.4 is 0 Å². The molecule has 0 saturated heterocycles. The lowest BCUT2D eigenvalue weighted by molar-refractivity contribution is -0.136. The number of pyridine rings is 1. The molecule has 0 aliphatic heterocycles. The zero-order valence-corrected chi connectivity index (χ0v) is 10.1. The van der Waals surface area contributed by atoms with E-state index in [1.807, 2.05) is 28.9 Å². The Morgan fingerprint density at radius 3 is 2.78 bits per heavy atom. The van der Waals surface area contributed by atoms with Crippen molar-refractivity contribution < 1.29 is 9.90 Å². The molecule has 0 saturated carbocycles. The third kappa shape index (κ3) is 1.98. The number of fused-ring (bicyclic) bond motifs is 1. The van der Waals surface area contributed by atoms with Gasteiger partial charge < -0.3 is 5.11 Å². The monoisotopic (exact) mass is 259 g/mol. The minimum atomic E-state index is -0.825. The summed E-state index contributed by atoms with van der Waals surface area (Å²) < 4.78 is 1.86. The summed E-state index contributed by atoms with van der Waals surface area (Å²) in [5.74, 6) is -0.825. The first-order valence-corrected chi connectivity index (χ1v) is 6.13. The molecule has 3 rings (SSSR count). The summed E-state index contributed by atoms with van der Waals surface area (Å²) in [6, 6.07) is 3.79. The van der Waals surface area contributed by atoms with Crippen molar-refractivity contribution >= 4 is 22.3 Å². The van der Waals surface area contributed by atoms with Crippen molar-refractivity contribution in [2.24, 2.45) is 0 Å². The lowest BCUT2D eigenvalue weighted by Crippen LogP contribution is -1.97. The van der Waals surface area contributed by atoms with E-state index in [1.54, 1.807) is 12.4 Å². The van der Waals surface area contributed by atoms with Gasteiger partial charge in [0.25, 0.3) is 0 Å². The van der Waals surface area contributed by atoms with Gasteiger partial charge in [-0.05, 0) is 12.1 Å². The van der Waals surface area contributed by atoms with Crippen LogP contribution in [0.25, 0.3) is 16.2 Å². The van der Waals surface area contributed by atoms with Crippen LogP contribution in [-0.2, 0) is 11.2 Å². The molecule has 0 spiro atoms. The molecular weight excluding hydrogens is 250 g/mol. The molecule has 0 aromatic carbocycles. The normalized spacial score (nSPS) is 10.9. The molecule has 18 heavy (non-hydrogen) atoms. The number of imidazole rings is 1. The molecule has 0 radical (unpaired) electrons. The maximum Gasteiger partial charge on any atom is 0.308 e. The predicted molar refractivity (Wildman–Crippen MR) is 67.6 cm³/mol. The highest BCUT2D eigenvalue weighted by Crippen LogP contribution is 2.23. The number of carboxylic acids is 1. The van der Waals surface area contributed by atoms with Gasteiger partial charge in [0.1, 0.15) is 0 Å². The van der Waals surface area contributed by atoms with Gasteiger partial charge in [-0.15, -0.1) is 11.3 Å². The Morgan fingerprint density at radius 2 is 2.11 bits per heavy atom. The van der Waals surface area contributed by atoms with Crippen molar-refractivity contribution in [1.29, 1.82) is 0 Å². The second-order valence-corrected chi connectivity index (χ2v) is 4.91. The summed E-state index contributed by atoms with van der Waals surface area (Å²) in [5, 5.41) is 8.73. The van der Waals surface area contributed by atoms with Gasteiger partial charge >= 0.3 is 5.97 Å². The zero-order valence-electron chi connectivity index (χ0n) is 9.28. The summed E-state index contributed by atoms with van der Waals surface area (Å²) in [6.45, 7) is 0. The third-order valence-electron chi connectivity index (χ3n) is 2.51. The SMILES string of the molecule is O=C(O)Cc1cn2cc(-c3ccncc3)nc2s1. The molecule has 0 bridgehead atoms. The number of thiazole rings is 1. The number of hydrogen-bond acceptors (Lipinski definition) is 4. The summed E-state index contributed by atoms with van der Waals surface area (Å²) in [7, 11) is 0. The highest BCUT2D eigenvalue weighted by atomic mass is 32.1. The van der Waals surface area contributed by atoms with E-state index in [2.05, 4.69) is 9.97 Å². The fourth-order valence-corrected chi connectivity index (χ4v) is 2.69. The van der Waals surface area contributed by atoms with E-state index >= 15 is 0 Å². The van der Waals surface area contributed by atoms with Crippen LogP contribution in [0.5, 0.6) is 0 Å². The van der Waals surface area contributed by atoms with Gasteiger partial charge in [0.2, 0.25) is 0 Å². The topological polar surface area (TPSA) is 67.5 Å². The van der Waals surface area contributed by atoms with Crippen molar-refractivity contribution in [3.05, 3.63) is 41.8 Å². The smallest absolute Gasteiger partial charge is 0.308 e. The number of aromatic nitrogens is 3. The summed E-state index contributed by atoms with van der Waals surface area (Å²) >= 11 is 1.40. The first-order valence-electron chi connectivity index (χ1n) is 5.32. The molecule has 1 N–H and O–H groups in total. The van der Waals surface area contributed by atoms with Crippen molar-refractivity contribution in [2.45, 2.75) is 6.42 Å². The Labute approximate surface area is 106 Å². The van der Waals surface area contributed by atoms with E-state index in [0.29, 0.717) is 0 Å². The van der Waals surface area contributed by atoms with Crippen LogP contribution in [0, 0.1) is 0 Å². The molecule has 0 amide bonds. The van der Waals surface area contributed by atoms with Gasteiger partial charge in [-0.2, -0.15) is 0 Å². The molecule has 0 fully saturated rings. The second-order valence-electron chi connectivity index (χ2n) is 3.82. The van der Waals surface area contributed by atoms with Crippen LogP contribution in [-0.4, -0.2) is 25.4 Å². The molecule has 3 heterocycles. The summed E-state index contributed by atoms with van der Waals surface area (Å²) in [4.78, 5) is 20.7. The number of aliphatic carboxylic acids is 1. The zero-order chi connectivity index (χ0) is 12.5. The molecule has 3 aromatic rings. The molecule has 0 aliphatic rings. The minimum absolute atomic E-state index is 0.0403. The lowest BCUT2D eigenvalue weighted by Gasteiger charge is -1.93. The number of nitrogens with zero attached hydrogens (tertiary/aromatic N) is 3. The van der Waals surface area contributed by atoms with E-state index in [1.165, 1.54) is 11.3 Å². The van der Waals surface area contributed by atoms with Crippen LogP contribution in [0.2, 0.25) is 0 Å². The maximum atomic E-state index is 10.6. The van der Waals surface area contributed by atoms with Crippen LogP contribution in [0.3, 0.4) is 0 Å². The van der Waals surface area contributed by atoms with E-state index in [9.17, 15) is 4.79 Å². The molecule has 6 heteroatoms. The number of carboxylic acid groups (broad SMARTS) is 1. The van der Waals surface area contributed by atoms with E-state index in [0.717, 1.165) is 21.1 Å². The quantitative estimate of drug-likeness (QED) is 0.782. The van der Waals surface area contributed by atoms with E-state index < -0.39 is 5.97 Å². The van der Waals surface area contributed by atoms with Crippen molar-refractivity contribution in [2.75, 3.05) is 0 Å². The highest BCUT2D eigenvalue weighted by molar-refractivity contribution is 7.17. The van der Waals surface area contributed by atoms with Crippen LogP contribution in [0.15, 0.2) is 36.9 Å². The fraction of sp³-hybridized carbons (Fsp3) is 0.0833. The average Bonchev–Trinajstić information content (AvgIpc) is 2.87. The van der Waals surface area contributed by atoms with E-state index in [-0.39, 0.29) is 6.42 Å². The predicted octanol–water partition coefficient (Wildman–Crippen LogP) is 2.08. The molecule has 0 atom stereocenters. The van der Waals surface area contributed by atoms with Crippen molar-refractivity contribution in [3.8, 4) is 11.3 Å². The van der Waals surface area contributed by atoms with Gasteiger partial charge in [-0.3, -0.25) is 14.2 Å². The highest BCUT2D eigenvalue weighted by Gasteiger charge is 2.09. The Hall–Kier alpha value is -2.21. The lowest BCUT2D eigenvalue weighted by atomic mass is 10.2. The standard InChI is InChI=1S/C12H9N3O2S/c16-11(17)5-9-6-15-7-10(14-12(15)18-9)8-1-3-13-4-2-8/h1-4,6-7H,5H2,(H,16,17).